The smallest absolute Gasteiger partial charge is 0.109 e. The van der Waals surface area contributed by atoms with Gasteiger partial charge in [-0.1, -0.05) is 20.8 Å². The molecule has 0 aliphatic rings. The molecule has 0 aliphatic heterocycles. The van der Waals surface area contributed by atoms with Gasteiger partial charge in [0.05, 0.1) is 0 Å². The van der Waals surface area contributed by atoms with E-state index in [1.165, 1.54) is 5.69 Å². The number of hydrogen-bond acceptors (Lipinski definition) is 2. The number of aromatic amines is 1. The lowest BCUT2D eigenvalue weighted by Crippen LogP contribution is -2.05. The van der Waals surface area contributed by atoms with E-state index in [1.54, 1.807) is 0 Å². The number of imidazole rings is 1. The Hall–Kier alpha value is -0.830. The van der Waals surface area contributed by atoms with Gasteiger partial charge in [0, 0.05) is 17.8 Å². The number of rotatable bonds is 4. The van der Waals surface area contributed by atoms with Gasteiger partial charge in [-0.05, 0) is 18.9 Å². The van der Waals surface area contributed by atoms with Crippen LogP contribution in [-0.2, 0) is 0 Å². The van der Waals surface area contributed by atoms with Crippen molar-refractivity contribution < 1.29 is 0 Å². The summed E-state index contributed by atoms with van der Waals surface area (Å²) in [6, 6.07) is 0. The van der Waals surface area contributed by atoms with Crippen LogP contribution in [0.4, 0.5) is 0 Å². The first-order valence-electron chi connectivity index (χ1n) is 4.90. The highest BCUT2D eigenvalue weighted by molar-refractivity contribution is 5.08. The van der Waals surface area contributed by atoms with Gasteiger partial charge < -0.3 is 10.7 Å². The van der Waals surface area contributed by atoms with Gasteiger partial charge in [-0.3, -0.25) is 0 Å². The number of hydrogen-bond donors (Lipinski definition) is 2. The van der Waals surface area contributed by atoms with Crippen LogP contribution in [0.5, 0.6) is 0 Å². The van der Waals surface area contributed by atoms with Crippen LogP contribution in [0.15, 0.2) is 6.20 Å². The van der Waals surface area contributed by atoms with Crippen LogP contribution >= 0.6 is 0 Å². The number of nitrogens with two attached hydrogens (primary N) is 1. The Morgan fingerprint density at radius 3 is 2.62 bits per heavy atom. The van der Waals surface area contributed by atoms with Crippen LogP contribution in [0.2, 0.25) is 0 Å². The first kappa shape index (κ1) is 10.3. The summed E-state index contributed by atoms with van der Waals surface area (Å²) in [4.78, 5) is 7.68. The van der Waals surface area contributed by atoms with Gasteiger partial charge in [0.2, 0.25) is 0 Å². The molecule has 1 aromatic rings. The molecule has 1 heterocycles. The quantitative estimate of drug-likeness (QED) is 0.746. The van der Waals surface area contributed by atoms with Crippen LogP contribution < -0.4 is 5.73 Å². The molecule has 3 N–H and O–H groups in total. The fourth-order valence-corrected chi connectivity index (χ4v) is 1.28. The molecule has 0 aromatic carbocycles. The van der Waals surface area contributed by atoms with Gasteiger partial charge in [0.25, 0.3) is 0 Å². The van der Waals surface area contributed by atoms with E-state index in [2.05, 4.69) is 30.7 Å². The molecule has 3 nitrogen and oxygen atoms in total. The zero-order valence-electron chi connectivity index (χ0n) is 8.67. The fourth-order valence-electron chi connectivity index (χ4n) is 1.28. The lowest BCUT2D eigenvalue weighted by atomic mass is 10.1. The van der Waals surface area contributed by atoms with E-state index in [0.29, 0.717) is 11.8 Å². The maximum atomic E-state index is 5.49. The lowest BCUT2D eigenvalue weighted by molar-refractivity contribution is 0.651. The van der Waals surface area contributed by atoms with Crippen molar-refractivity contribution in [1.82, 2.24) is 9.97 Å². The second-order valence-electron chi connectivity index (χ2n) is 3.86. The van der Waals surface area contributed by atoms with Crippen LogP contribution in [0.3, 0.4) is 0 Å². The fraction of sp³-hybridized carbons (Fsp3) is 0.700. The summed E-state index contributed by atoms with van der Waals surface area (Å²) in [5, 5.41) is 0. The summed E-state index contributed by atoms with van der Waals surface area (Å²) in [6.45, 7) is 7.18. The average Bonchev–Trinajstić information content (AvgIpc) is 2.52. The summed E-state index contributed by atoms with van der Waals surface area (Å²) < 4.78 is 0. The summed E-state index contributed by atoms with van der Waals surface area (Å²) in [5.41, 5.74) is 6.70. The van der Waals surface area contributed by atoms with Crippen LogP contribution in [0, 0.1) is 0 Å². The topological polar surface area (TPSA) is 54.7 Å². The van der Waals surface area contributed by atoms with Crippen LogP contribution in [-0.4, -0.2) is 16.5 Å². The molecule has 0 saturated heterocycles. The molecule has 1 atom stereocenters. The maximum Gasteiger partial charge on any atom is 0.109 e. The second-order valence-corrected chi connectivity index (χ2v) is 3.86. The molecule has 0 aliphatic carbocycles. The van der Waals surface area contributed by atoms with E-state index in [4.69, 9.17) is 5.73 Å². The molecule has 0 amide bonds. The average molecular weight is 181 g/mol. The van der Waals surface area contributed by atoms with E-state index in [0.717, 1.165) is 18.8 Å². The predicted octanol–water partition coefficient (Wildman–Crippen LogP) is 1.99. The first-order valence-corrected chi connectivity index (χ1v) is 4.90. The third kappa shape index (κ3) is 2.56. The summed E-state index contributed by atoms with van der Waals surface area (Å²) in [5.74, 6) is 2.03. The Morgan fingerprint density at radius 1 is 1.46 bits per heavy atom. The molecule has 13 heavy (non-hydrogen) atoms. The molecule has 1 aromatic heterocycles. The molecule has 0 radical (unpaired) electrons. The zero-order valence-corrected chi connectivity index (χ0v) is 8.67. The van der Waals surface area contributed by atoms with Crippen molar-refractivity contribution in [2.45, 2.75) is 39.0 Å². The number of aromatic nitrogens is 2. The van der Waals surface area contributed by atoms with Crippen molar-refractivity contribution in [1.29, 1.82) is 0 Å². The monoisotopic (exact) mass is 181 g/mol. The van der Waals surface area contributed by atoms with E-state index in [9.17, 15) is 0 Å². The van der Waals surface area contributed by atoms with Crippen molar-refractivity contribution >= 4 is 0 Å². The number of nitrogens with one attached hydrogen (secondary N) is 1. The van der Waals surface area contributed by atoms with E-state index >= 15 is 0 Å². The molecule has 74 valence electrons. The van der Waals surface area contributed by atoms with E-state index < -0.39 is 0 Å². The Balaban J connectivity index is 2.67. The minimum absolute atomic E-state index is 0.442. The third-order valence-corrected chi connectivity index (χ3v) is 2.30. The Kier molecular flexibility index (Phi) is 3.48. The Morgan fingerprint density at radius 2 is 2.15 bits per heavy atom. The molecule has 1 rings (SSSR count). The molecule has 0 bridgehead atoms. The zero-order chi connectivity index (χ0) is 9.84. The SMILES string of the molecule is CC(C)c1cnc(C(C)CCN)[nH]1. The largest absolute Gasteiger partial charge is 0.345 e. The minimum Gasteiger partial charge on any atom is -0.345 e. The molecule has 0 spiro atoms. The molecular weight excluding hydrogens is 162 g/mol. The summed E-state index contributed by atoms with van der Waals surface area (Å²) >= 11 is 0. The van der Waals surface area contributed by atoms with Gasteiger partial charge in [0.1, 0.15) is 5.82 Å². The van der Waals surface area contributed by atoms with Crippen molar-refractivity contribution in [3.05, 3.63) is 17.7 Å². The Bertz CT molecular complexity index is 252. The van der Waals surface area contributed by atoms with Gasteiger partial charge in [0.15, 0.2) is 0 Å². The van der Waals surface area contributed by atoms with Gasteiger partial charge >= 0.3 is 0 Å². The van der Waals surface area contributed by atoms with Gasteiger partial charge in [-0.15, -0.1) is 0 Å². The standard InChI is InChI=1S/C10H19N3/c1-7(2)9-6-12-10(13-9)8(3)4-5-11/h6-8H,4-5,11H2,1-3H3,(H,12,13). The molecule has 1 unspecified atom stereocenters. The predicted molar refractivity (Wildman–Crippen MR) is 54.8 cm³/mol. The van der Waals surface area contributed by atoms with Gasteiger partial charge in [-0.2, -0.15) is 0 Å². The van der Waals surface area contributed by atoms with E-state index in [-0.39, 0.29) is 0 Å². The highest BCUT2D eigenvalue weighted by atomic mass is 14.9. The number of H-pyrrole nitrogens is 1. The third-order valence-electron chi connectivity index (χ3n) is 2.30. The van der Waals surface area contributed by atoms with Crippen molar-refractivity contribution in [3.63, 3.8) is 0 Å². The van der Waals surface area contributed by atoms with Gasteiger partial charge in [-0.25, -0.2) is 4.98 Å². The Labute approximate surface area is 79.8 Å². The van der Waals surface area contributed by atoms with Crippen molar-refractivity contribution in [2.75, 3.05) is 6.54 Å². The molecule has 0 fully saturated rings. The van der Waals surface area contributed by atoms with Crippen LogP contribution in [0.1, 0.15) is 50.5 Å². The van der Waals surface area contributed by atoms with Crippen LogP contribution in [0.25, 0.3) is 0 Å². The minimum atomic E-state index is 0.442. The van der Waals surface area contributed by atoms with E-state index in [1.807, 2.05) is 6.20 Å². The normalized spacial score (nSPS) is 13.6. The number of nitrogens with zero attached hydrogens (tertiary/aromatic N) is 1. The molecule has 3 heteroatoms. The molecular formula is C10H19N3. The lowest BCUT2D eigenvalue weighted by Gasteiger charge is -2.06. The summed E-state index contributed by atoms with van der Waals surface area (Å²) in [7, 11) is 0. The van der Waals surface area contributed by atoms with Crippen molar-refractivity contribution in [2.24, 2.45) is 5.73 Å². The second kappa shape index (κ2) is 4.42. The summed E-state index contributed by atoms with van der Waals surface area (Å²) in [6.07, 6.45) is 2.91. The molecule has 0 saturated carbocycles. The highest BCUT2D eigenvalue weighted by Gasteiger charge is 2.09. The van der Waals surface area contributed by atoms with Crippen molar-refractivity contribution in [3.8, 4) is 0 Å². The highest BCUT2D eigenvalue weighted by Crippen LogP contribution is 2.18. The maximum absolute atomic E-state index is 5.49. The first-order chi connectivity index (χ1) is 6.15.